The van der Waals surface area contributed by atoms with E-state index in [0.717, 1.165) is 35.6 Å². The summed E-state index contributed by atoms with van der Waals surface area (Å²) in [6.07, 6.45) is 2.07. The molecule has 1 aliphatic rings. The number of benzene rings is 2. The Kier molecular flexibility index (Phi) is 6.19. The number of amides is 2. The zero-order valence-electron chi connectivity index (χ0n) is 16.6. The van der Waals surface area contributed by atoms with Gasteiger partial charge < -0.3 is 20.3 Å². The molecule has 1 atom stereocenters. The maximum absolute atomic E-state index is 12.5. The number of likely N-dealkylation sites (N-methyl/N-ethyl adjacent to an activating group) is 1. The number of rotatable bonds is 8. The Bertz CT molecular complexity index is 831. The summed E-state index contributed by atoms with van der Waals surface area (Å²) in [5, 5.41) is 6.06. The largest absolute Gasteiger partial charge is 0.457 e. The van der Waals surface area contributed by atoms with Crippen LogP contribution in [0.3, 0.4) is 0 Å². The highest BCUT2D eigenvalue weighted by Gasteiger charge is 2.25. The third kappa shape index (κ3) is 5.74. The van der Waals surface area contributed by atoms with Crippen molar-refractivity contribution in [3.63, 3.8) is 0 Å². The lowest BCUT2D eigenvalue weighted by Crippen LogP contribution is -2.44. The highest BCUT2D eigenvalue weighted by molar-refractivity contribution is 5.88. The molecule has 1 unspecified atom stereocenters. The van der Waals surface area contributed by atoms with Gasteiger partial charge in [0, 0.05) is 18.8 Å². The van der Waals surface area contributed by atoms with E-state index in [4.69, 9.17) is 4.74 Å². The summed E-state index contributed by atoms with van der Waals surface area (Å²) in [6, 6.07) is 15.2. The summed E-state index contributed by atoms with van der Waals surface area (Å²) in [6.45, 7) is 3.88. The minimum atomic E-state index is -0.442. The van der Waals surface area contributed by atoms with Crippen LogP contribution < -0.4 is 15.4 Å². The molecule has 6 nitrogen and oxygen atoms in total. The molecule has 28 heavy (non-hydrogen) atoms. The minimum absolute atomic E-state index is 0.0740. The van der Waals surface area contributed by atoms with E-state index in [9.17, 15) is 9.59 Å². The van der Waals surface area contributed by atoms with Crippen molar-refractivity contribution in [2.24, 2.45) is 0 Å². The first-order valence-electron chi connectivity index (χ1n) is 9.56. The van der Waals surface area contributed by atoms with Gasteiger partial charge in [0.1, 0.15) is 17.5 Å². The van der Waals surface area contributed by atoms with Crippen LogP contribution >= 0.6 is 0 Å². The number of carbonyl (C=O) groups is 2. The average molecular weight is 381 g/mol. The quantitative estimate of drug-likeness (QED) is 0.736. The fraction of sp³-hybridized carbons (Fsp3) is 0.364. The van der Waals surface area contributed by atoms with Crippen LogP contribution in [0.2, 0.25) is 0 Å². The highest BCUT2D eigenvalue weighted by Crippen LogP contribution is 2.24. The van der Waals surface area contributed by atoms with Crippen LogP contribution in [0.1, 0.15) is 25.3 Å². The fourth-order valence-corrected chi connectivity index (χ4v) is 2.87. The molecule has 3 rings (SSSR count). The van der Waals surface area contributed by atoms with Gasteiger partial charge in [0.15, 0.2) is 0 Å². The van der Waals surface area contributed by atoms with Gasteiger partial charge in [0.25, 0.3) is 0 Å². The average Bonchev–Trinajstić information content (AvgIpc) is 3.46. The van der Waals surface area contributed by atoms with Crippen molar-refractivity contribution in [1.82, 2.24) is 10.2 Å². The van der Waals surface area contributed by atoms with E-state index in [0.29, 0.717) is 6.04 Å². The standard InChI is InChI=1S/C22H27N3O3/c1-15-5-4-6-20(13-15)28-19-11-9-17(10-12-19)23-16(2)22(27)25(3)14-21(26)24-18-7-8-18/h4-6,9-13,16,18,23H,7-8,14H2,1-3H3,(H,24,26). The maximum atomic E-state index is 12.5. The number of nitrogens with one attached hydrogen (secondary N) is 2. The molecule has 1 fully saturated rings. The molecule has 2 aromatic rings. The molecule has 2 aromatic carbocycles. The Labute approximate surface area is 165 Å². The molecule has 0 aromatic heterocycles. The monoisotopic (exact) mass is 381 g/mol. The van der Waals surface area contributed by atoms with Gasteiger partial charge >= 0.3 is 0 Å². The van der Waals surface area contributed by atoms with Crippen molar-refractivity contribution in [3.8, 4) is 11.5 Å². The molecule has 1 saturated carbocycles. The van der Waals surface area contributed by atoms with E-state index in [2.05, 4.69) is 10.6 Å². The highest BCUT2D eigenvalue weighted by atomic mass is 16.5. The lowest BCUT2D eigenvalue weighted by atomic mass is 10.2. The predicted octanol–water partition coefficient (Wildman–Crippen LogP) is 3.32. The summed E-state index contributed by atoms with van der Waals surface area (Å²) >= 11 is 0. The number of anilines is 1. The van der Waals surface area contributed by atoms with Crippen LogP contribution in [0.5, 0.6) is 11.5 Å². The van der Waals surface area contributed by atoms with E-state index >= 15 is 0 Å². The Hall–Kier alpha value is -3.02. The first-order chi connectivity index (χ1) is 13.4. The molecule has 2 N–H and O–H groups in total. The summed E-state index contributed by atoms with van der Waals surface area (Å²) in [4.78, 5) is 25.8. The van der Waals surface area contributed by atoms with Crippen molar-refractivity contribution in [2.75, 3.05) is 18.9 Å². The zero-order valence-corrected chi connectivity index (χ0v) is 16.6. The van der Waals surface area contributed by atoms with Gasteiger partial charge in [-0.15, -0.1) is 0 Å². The van der Waals surface area contributed by atoms with Crippen LogP contribution in [-0.4, -0.2) is 42.4 Å². The molecule has 0 spiro atoms. The number of carbonyl (C=O) groups excluding carboxylic acids is 2. The van der Waals surface area contributed by atoms with E-state index in [1.165, 1.54) is 4.90 Å². The molecule has 0 bridgehead atoms. The Morgan fingerprint density at radius 2 is 1.86 bits per heavy atom. The van der Waals surface area contributed by atoms with Gasteiger partial charge in [-0.25, -0.2) is 0 Å². The molecule has 0 saturated heterocycles. The number of nitrogens with zero attached hydrogens (tertiary/aromatic N) is 1. The van der Waals surface area contributed by atoms with Crippen molar-refractivity contribution >= 4 is 17.5 Å². The normalized spacial score (nSPS) is 14.1. The lowest BCUT2D eigenvalue weighted by Gasteiger charge is -2.22. The molecular formula is C22H27N3O3. The zero-order chi connectivity index (χ0) is 20.1. The van der Waals surface area contributed by atoms with Crippen LogP contribution in [0.25, 0.3) is 0 Å². The fourth-order valence-electron chi connectivity index (χ4n) is 2.87. The van der Waals surface area contributed by atoms with Gasteiger partial charge in [-0.2, -0.15) is 0 Å². The third-order valence-electron chi connectivity index (χ3n) is 4.53. The van der Waals surface area contributed by atoms with Crippen LogP contribution in [0, 0.1) is 6.92 Å². The predicted molar refractivity (Wildman–Crippen MR) is 110 cm³/mol. The maximum Gasteiger partial charge on any atom is 0.244 e. The second kappa shape index (κ2) is 8.78. The SMILES string of the molecule is Cc1cccc(Oc2ccc(NC(C)C(=O)N(C)CC(=O)NC3CC3)cc2)c1. The second-order valence-corrected chi connectivity index (χ2v) is 7.35. The summed E-state index contributed by atoms with van der Waals surface area (Å²) in [5.74, 6) is 1.27. The van der Waals surface area contributed by atoms with Gasteiger partial charge in [0.05, 0.1) is 6.54 Å². The van der Waals surface area contributed by atoms with Gasteiger partial charge in [-0.3, -0.25) is 9.59 Å². The Morgan fingerprint density at radius 1 is 1.14 bits per heavy atom. The van der Waals surface area contributed by atoms with E-state index in [-0.39, 0.29) is 18.4 Å². The number of ether oxygens (including phenoxy) is 1. The summed E-state index contributed by atoms with van der Waals surface area (Å²) in [5.41, 5.74) is 1.95. The van der Waals surface area contributed by atoms with Crippen molar-refractivity contribution < 1.29 is 14.3 Å². The molecule has 6 heteroatoms. The summed E-state index contributed by atoms with van der Waals surface area (Å²) < 4.78 is 5.84. The molecule has 148 valence electrons. The van der Waals surface area contributed by atoms with Crippen molar-refractivity contribution in [1.29, 1.82) is 0 Å². The Morgan fingerprint density at radius 3 is 2.50 bits per heavy atom. The summed E-state index contributed by atoms with van der Waals surface area (Å²) in [7, 11) is 1.64. The molecule has 0 radical (unpaired) electrons. The Balaban J connectivity index is 1.50. The molecular weight excluding hydrogens is 354 g/mol. The first-order valence-corrected chi connectivity index (χ1v) is 9.56. The molecule has 0 heterocycles. The number of hydrogen-bond acceptors (Lipinski definition) is 4. The number of aryl methyl sites for hydroxylation is 1. The van der Waals surface area contributed by atoms with Crippen molar-refractivity contribution in [2.45, 2.75) is 38.8 Å². The molecule has 0 aliphatic heterocycles. The molecule has 2 amide bonds. The van der Waals surface area contributed by atoms with E-state index in [1.807, 2.05) is 55.5 Å². The van der Waals surface area contributed by atoms with Gasteiger partial charge in [-0.05, 0) is 68.7 Å². The minimum Gasteiger partial charge on any atom is -0.457 e. The smallest absolute Gasteiger partial charge is 0.244 e. The van der Waals surface area contributed by atoms with E-state index < -0.39 is 6.04 Å². The van der Waals surface area contributed by atoms with Gasteiger partial charge in [0.2, 0.25) is 11.8 Å². The van der Waals surface area contributed by atoms with E-state index in [1.54, 1.807) is 14.0 Å². The van der Waals surface area contributed by atoms with Crippen LogP contribution in [-0.2, 0) is 9.59 Å². The molecule has 1 aliphatic carbocycles. The second-order valence-electron chi connectivity index (χ2n) is 7.35. The topological polar surface area (TPSA) is 70.7 Å². The third-order valence-corrected chi connectivity index (χ3v) is 4.53. The van der Waals surface area contributed by atoms with Crippen LogP contribution in [0.15, 0.2) is 48.5 Å². The van der Waals surface area contributed by atoms with Crippen molar-refractivity contribution in [3.05, 3.63) is 54.1 Å². The van der Waals surface area contributed by atoms with Crippen LogP contribution in [0.4, 0.5) is 5.69 Å². The van der Waals surface area contributed by atoms with Gasteiger partial charge in [-0.1, -0.05) is 12.1 Å². The number of hydrogen-bond donors (Lipinski definition) is 2. The lowest BCUT2D eigenvalue weighted by molar-refractivity contribution is -0.135. The first kappa shape index (κ1) is 19.7.